The van der Waals surface area contributed by atoms with E-state index in [1.165, 1.54) is 19.3 Å². The zero-order valence-corrected chi connectivity index (χ0v) is 8.75. The van der Waals surface area contributed by atoms with Crippen LogP contribution in [0.5, 0.6) is 0 Å². The first kappa shape index (κ1) is 10.6. The van der Waals surface area contributed by atoms with E-state index in [1.807, 2.05) is 0 Å². The van der Waals surface area contributed by atoms with Gasteiger partial charge in [0.2, 0.25) is 5.91 Å². The highest BCUT2D eigenvalue weighted by Crippen LogP contribution is 2.34. The van der Waals surface area contributed by atoms with Gasteiger partial charge in [-0.15, -0.1) is 0 Å². The Hall–Kier alpha value is -0.530. The van der Waals surface area contributed by atoms with Crippen LogP contribution < -0.4 is 5.73 Å². The fraction of sp³-hybridized carbons (Fsp3) is 0.909. The summed E-state index contributed by atoms with van der Waals surface area (Å²) >= 11 is 0. The third-order valence-corrected chi connectivity index (χ3v) is 3.08. The van der Waals surface area contributed by atoms with E-state index in [2.05, 4.69) is 13.8 Å². The molecule has 13 heavy (non-hydrogen) atoms. The van der Waals surface area contributed by atoms with Crippen molar-refractivity contribution in [1.82, 2.24) is 0 Å². The third kappa shape index (κ3) is 3.79. The number of carbonyl (C=O) groups excluding carboxylic acids is 1. The Morgan fingerprint density at radius 2 is 1.77 bits per heavy atom. The molecule has 1 aliphatic rings. The van der Waals surface area contributed by atoms with Crippen molar-refractivity contribution in [3.05, 3.63) is 0 Å². The van der Waals surface area contributed by atoms with E-state index in [1.54, 1.807) is 0 Å². The number of nitrogens with two attached hydrogens (primary N) is 1. The first-order valence-corrected chi connectivity index (χ1v) is 5.36. The summed E-state index contributed by atoms with van der Waals surface area (Å²) in [6.07, 6.45) is 5.51. The molecule has 1 fully saturated rings. The van der Waals surface area contributed by atoms with Crippen molar-refractivity contribution in [3.63, 3.8) is 0 Å². The molecule has 0 saturated heterocycles. The molecule has 0 heterocycles. The molecule has 0 aromatic rings. The SMILES string of the molecule is CC1CC(C)CC(CCC(N)=O)C1. The molecule has 2 N–H and O–H groups in total. The van der Waals surface area contributed by atoms with E-state index in [0.717, 1.165) is 24.2 Å². The van der Waals surface area contributed by atoms with Crippen molar-refractivity contribution in [3.8, 4) is 0 Å². The second kappa shape index (κ2) is 4.64. The Morgan fingerprint density at radius 3 is 2.23 bits per heavy atom. The van der Waals surface area contributed by atoms with Crippen molar-refractivity contribution in [2.24, 2.45) is 23.5 Å². The zero-order valence-electron chi connectivity index (χ0n) is 8.75. The Labute approximate surface area is 80.9 Å². The van der Waals surface area contributed by atoms with Crippen molar-refractivity contribution in [2.75, 3.05) is 0 Å². The minimum atomic E-state index is -0.147. The van der Waals surface area contributed by atoms with Gasteiger partial charge in [0.15, 0.2) is 0 Å². The molecule has 2 atom stereocenters. The van der Waals surface area contributed by atoms with E-state index in [4.69, 9.17) is 5.73 Å². The maximum atomic E-state index is 10.6. The molecule has 0 aliphatic heterocycles. The largest absolute Gasteiger partial charge is 0.370 e. The molecule has 1 rings (SSSR count). The van der Waals surface area contributed by atoms with E-state index >= 15 is 0 Å². The second-order valence-electron chi connectivity index (χ2n) is 4.79. The number of rotatable bonds is 3. The zero-order chi connectivity index (χ0) is 9.84. The van der Waals surface area contributed by atoms with Crippen LogP contribution in [0.4, 0.5) is 0 Å². The van der Waals surface area contributed by atoms with Gasteiger partial charge in [-0.25, -0.2) is 0 Å². The lowest BCUT2D eigenvalue weighted by Gasteiger charge is -2.31. The molecule has 1 amide bonds. The molecule has 0 spiro atoms. The van der Waals surface area contributed by atoms with Gasteiger partial charge in [0.05, 0.1) is 0 Å². The number of primary amides is 1. The van der Waals surface area contributed by atoms with Crippen LogP contribution in [-0.4, -0.2) is 5.91 Å². The predicted octanol–water partition coefficient (Wildman–Crippen LogP) is 2.32. The maximum Gasteiger partial charge on any atom is 0.217 e. The monoisotopic (exact) mass is 183 g/mol. The molecule has 0 radical (unpaired) electrons. The molecule has 0 aromatic heterocycles. The van der Waals surface area contributed by atoms with Crippen LogP contribution in [0.3, 0.4) is 0 Å². The highest BCUT2D eigenvalue weighted by molar-refractivity contribution is 5.73. The number of carbonyl (C=O) groups is 1. The average Bonchev–Trinajstić information content (AvgIpc) is 1.99. The molecule has 76 valence electrons. The first-order chi connectivity index (χ1) is 6.08. The lowest BCUT2D eigenvalue weighted by Crippen LogP contribution is -2.21. The van der Waals surface area contributed by atoms with E-state index in [0.29, 0.717) is 6.42 Å². The van der Waals surface area contributed by atoms with Crippen LogP contribution >= 0.6 is 0 Å². The summed E-state index contributed by atoms with van der Waals surface area (Å²) in [6.45, 7) is 4.62. The standard InChI is InChI=1S/C11H21NO/c1-8-5-9(2)7-10(6-8)3-4-11(12)13/h8-10H,3-7H2,1-2H3,(H2,12,13). The minimum absolute atomic E-state index is 0.147. The third-order valence-electron chi connectivity index (χ3n) is 3.08. The molecular formula is C11H21NO. The van der Waals surface area contributed by atoms with Gasteiger partial charge in [-0.1, -0.05) is 13.8 Å². The van der Waals surface area contributed by atoms with E-state index in [-0.39, 0.29) is 5.91 Å². The van der Waals surface area contributed by atoms with Crippen LogP contribution in [0.2, 0.25) is 0 Å². The Kier molecular flexibility index (Phi) is 3.76. The molecule has 1 saturated carbocycles. The molecule has 2 unspecified atom stereocenters. The van der Waals surface area contributed by atoms with Crippen LogP contribution in [0.1, 0.15) is 46.0 Å². The lowest BCUT2D eigenvalue weighted by atomic mass is 9.75. The Balaban J connectivity index is 2.28. The quantitative estimate of drug-likeness (QED) is 0.717. The highest BCUT2D eigenvalue weighted by atomic mass is 16.1. The van der Waals surface area contributed by atoms with Gasteiger partial charge in [0.1, 0.15) is 0 Å². The lowest BCUT2D eigenvalue weighted by molar-refractivity contribution is -0.118. The van der Waals surface area contributed by atoms with Crippen molar-refractivity contribution >= 4 is 5.91 Å². The Morgan fingerprint density at radius 1 is 1.23 bits per heavy atom. The maximum absolute atomic E-state index is 10.6. The molecule has 1 aliphatic carbocycles. The van der Waals surface area contributed by atoms with Crippen LogP contribution in [0, 0.1) is 17.8 Å². The van der Waals surface area contributed by atoms with Crippen molar-refractivity contribution in [2.45, 2.75) is 46.0 Å². The van der Waals surface area contributed by atoms with Gasteiger partial charge in [0, 0.05) is 6.42 Å². The van der Waals surface area contributed by atoms with Crippen molar-refractivity contribution < 1.29 is 4.79 Å². The summed E-state index contributed by atoms with van der Waals surface area (Å²) in [5.74, 6) is 2.26. The highest BCUT2D eigenvalue weighted by Gasteiger charge is 2.23. The molecular weight excluding hydrogens is 162 g/mol. The van der Waals surface area contributed by atoms with Gasteiger partial charge in [-0.3, -0.25) is 4.79 Å². The van der Waals surface area contributed by atoms with E-state index < -0.39 is 0 Å². The summed E-state index contributed by atoms with van der Waals surface area (Å²) in [7, 11) is 0. The number of hydrogen-bond donors (Lipinski definition) is 1. The number of amides is 1. The van der Waals surface area contributed by atoms with Crippen LogP contribution in [0.25, 0.3) is 0 Å². The van der Waals surface area contributed by atoms with Gasteiger partial charge in [0.25, 0.3) is 0 Å². The molecule has 0 bridgehead atoms. The first-order valence-electron chi connectivity index (χ1n) is 5.36. The summed E-state index contributed by atoms with van der Waals surface area (Å²) in [5.41, 5.74) is 5.14. The fourth-order valence-corrected chi connectivity index (χ4v) is 2.70. The normalized spacial score (nSPS) is 34.5. The molecule has 2 nitrogen and oxygen atoms in total. The predicted molar refractivity (Wildman–Crippen MR) is 54.1 cm³/mol. The Bertz CT molecular complexity index is 169. The molecule has 2 heteroatoms. The topological polar surface area (TPSA) is 43.1 Å². The number of hydrogen-bond acceptors (Lipinski definition) is 1. The van der Waals surface area contributed by atoms with Gasteiger partial charge in [-0.05, 0) is 43.4 Å². The minimum Gasteiger partial charge on any atom is -0.370 e. The second-order valence-corrected chi connectivity index (χ2v) is 4.79. The van der Waals surface area contributed by atoms with Crippen molar-refractivity contribution in [1.29, 1.82) is 0 Å². The van der Waals surface area contributed by atoms with E-state index in [9.17, 15) is 4.79 Å². The average molecular weight is 183 g/mol. The van der Waals surface area contributed by atoms with Crippen LogP contribution in [0.15, 0.2) is 0 Å². The van der Waals surface area contributed by atoms with Gasteiger partial charge < -0.3 is 5.73 Å². The van der Waals surface area contributed by atoms with Gasteiger partial charge >= 0.3 is 0 Å². The fourth-order valence-electron chi connectivity index (χ4n) is 2.70. The summed E-state index contributed by atoms with van der Waals surface area (Å²) in [6, 6.07) is 0. The molecule has 0 aromatic carbocycles. The summed E-state index contributed by atoms with van der Waals surface area (Å²) < 4.78 is 0. The summed E-state index contributed by atoms with van der Waals surface area (Å²) in [5, 5.41) is 0. The summed E-state index contributed by atoms with van der Waals surface area (Å²) in [4.78, 5) is 10.6. The smallest absolute Gasteiger partial charge is 0.217 e. The van der Waals surface area contributed by atoms with Crippen LogP contribution in [-0.2, 0) is 4.79 Å². The van der Waals surface area contributed by atoms with Gasteiger partial charge in [-0.2, -0.15) is 0 Å².